The third-order valence-electron chi connectivity index (χ3n) is 3.28. The van der Waals surface area contributed by atoms with Gasteiger partial charge in [-0.25, -0.2) is 4.98 Å². The Morgan fingerprint density at radius 3 is 2.78 bits per heavy atom. The molecule has 4 nitrogen and oxygen atoms in total. The smallest absolute Gasteiger partial charge is 0.119 e. The molecule has 2 rings (SSSR count). The summed E-state index contributed by atoms with van der Waals surface area (Å²) in [6.45, 7) is 0.766. The summed E-state index contributed by atoms with van der Waals surface area (Å²) in [6.07, 6.45) is 10.4. The van der Waals surface area contributed by atoms with Crippen molar-refractivity contribution in [2.45, 2.75) is 49.3 Å². The van der Waals surface area contributed by atoms with E-state index in [9.17, 15) is 0 Å². The van der Waals surface area contributed by atoms with Crippen LogP contribution in [0.25, 0.3) is 0 Å². The van der Waals surface area contributed by atoms with Gasteiger partial charge in [0.2, 0.25) is 0 Å². The molecule has 1 aliphatic carbocycles. The van der Waals surface area contributed by atoms with E-state index < -0.39 is 0 Å². The summed E-state index contributed by atoms with van der Waals surface area (Å²) in [4.78, 5) is 8.68. The van der Waals surface area contributed by atoms with E-state index in [1.165, 1.54) is 19.3 Å². The molecule has 0 bridgehead atoms. The Morgan fingerprint density at radius 1 is 1.33 bits per heavy atom. The van der Waals surface area contributed by atoms with Gasteiger partial charge in [-0.05, 0) is 19.1 Å². The minimum absolute atomic E-state index is 0. The Kier molecular flexibility index (Phi) is 6.92. The number of nitrogens with zero attached hydrogens (tertiary/aromatic N) is 2. The standard InChI is InChI=1S/C12H20N4S.ClH/c1-17-12-11(14-6-7-15-12)8-16-10-5-3-2-4-9(10)13;/h6-7,9-10,16H,2-5,8,13H2,1H3;1H. The molecule has 6 heteroatoms. The van der Waals surface area contributed by atoms with Gasteiger partial charge < -0.3 is 11.1 Å². The molecule has 1 heterocycles. The highest BCUT2D eigenvalue weighted by Crippen LogP contribution is 2.18. The maximum Gasteiger partial charge on any atom is 0.119 e. The summed E-state index contributed by atoms with van der Waals surface area (Å²) in [5, 5.41) is 4.53. The average Bonchev–Trinajstić information content (AvgIpc) is 2.38. The van der Waals surface area contributed by atoms with Crippen LogP contribution in [0.15, 0.2) is 17.4 Å². The predicted octanol–water partition coefficient (Wildman–Crippen LogP) is 1.98. The number of aromatic nitrogens is 2. The van der Waals surface area contributed by atoms with Crippen LogP contribution >= 0.6 is 24.2 Å². The molecule has 3 N–H and O–H groups in total. The lowest BCUT2D eigenvalue weighted by Gasteiger charge is -2.29. The van der Waals surface area contributed by atoms with Crippen molar-refractivity contribution < 1.29 is 0 Å². The van der Waals surface area contributed by atoms with Crippen molar-refractivity contribution in [2.24, 2.45) is 5.73 Å². The highest BCUT2D eigenvalue weighted by Gasteiger charge is 2.21. The summed E-state index contributed by atoms with van der Waals surface area (Å²) in [7, 11) is 0. The first-order valence-corrected chi connectivity index (χ1v) is 7.36. The maximum absolute atomic E-state index is 6.11. The number of hydrogen-bond donors (Lipinski definition) is 2. The molecule has 0 aromatic carbocycles. The zero-order valence-electron chi connectivity index (χ0n) is 10.6. The van der Waals surface area contributed by atoms with E-state index in [-0.39, 0.29) is 18.4 Å². The van der Waals surface area contributed by atoms with E-state index >= 15 is 0 Å². The van der Waals surface area contributed by atoms with Crippen LogP contribution < -0.4 is 11.1 Å². The fraction of sp³-hybridized carbons (Fsp3) is 0.667. The molecular weight excluding hydrogens is 268 g/mol. The monoisotopic (exact) mass is 288 g/mol. The van der Waals surface area contributed by atoms with Crippen LogP contribution in [-0.2, 0) is 6.54 Å². The van der Waals surface area contributed by atoms with Gasteiger partial charge in [0.05, 0.1) is 5.69 Å². The molecule has 1 aromatic heterocycles. The van der Waals surface area contributed by atoms with Crippen molar-refractivity contribution in [3.63, 3.8) is 0 Å². The highest BCUT2D eigenvalue weighted by atomic mass is 35.5. The van der Waals surface area contributed by atoms with Gasteiger partial charge in [0.1, 0.15) is 5.03 Å². The quantitative estimate of drug-likeness (QED) is 0.830. The summed E-state index contributed by atoms with van der Waals surface area (Å²) in [5.41, 5.74) is 7.14. The third kappa shape index (κ3) is 4.09. The highest BCUT2D eigenvalue weighted by molar-refractivity contribution is 7.98. The molecule has 0 amide bonds. The minimum Gasteiger partial charge on any atom is -0.326 e. The van der Waals surface area contributed by atoms with Gasteiger partial charge in [-0.2, -0.15) is 0 Å². The lowest BCUT2D eigenvalue weighted by molar-refractivity contribution is 0.324. The Labute approximate surface area is 119 Å². The average molecular weight is 289 g/mol. The Balaban J connectivity index is 0.00000162. The molecule has 0 spiro atoms. The van der Waals surface area contributed by atoms with Crippen LogP contribution in [-0.4, -0.2) is 28.3 Å². The van der Waals surface area contributed by atoms with Crippen LogP contribution in [0.3, 0.4) is 0 Å². The summed E-state index contributed by atoms with van der Waals surface area (Å²) >= 11 is 1.64. The van der Waals surface area contributed by atoms with E-state index in [0.29, 0.717) is 6.04 Å². The van der Waals surface area contributed by atoms with Crippen LogP contribution in [0.4, 0.5) is 0 Å². The number of thioether (sulfide) groups is 1. The fourth-order valence-electron chi connectivity index (χ4n) is 2.29. The predicted molar refractivity (Wildman–Crippen MR) is 78.1 cm³/mol. The van der Waals surface area contributed by atoms with Crippen LogP contribution in [0.5, 0.6) is 0 Å². The van der Waals surface area contributed by atoms with Crippen LogP contribution in [0.2, 0.25) is 0 Å². The Hall–Kier alpha value is -0.360. The number of halogens is 1. The fourth-order valence-corrected chi connectivity index (χ4v) is 2.81. The zero-order valence-corrected chi connectivity index (χ0v) is 12.3. The summed E-state index contributed by atoms with van der Waals surface area (Å²) < 4.78 is 0. The van der Waals surface area contributed by atoms with Crippen molar-refractivity contribution in [3.8, 4) is 0 Å². The molecule has 18 heavy (non-hydrogen) atoms. The molecule has 1 saturated carbocycles. The maximum atomic E-state index is 6.11. The lowest BCUT2D eigenvalue weighted by Crippen LogP contribution is -2.46. The van der Waals surface area contributed by atoms with Gasteiger partial charge in [-0.15, -0.1) is 24.2 Å². The second kappa shape index (κ2) is 7.94. The van der Waals surface area contributed by atoms with E-state index in [4.69, 9.17) is 5.73 Å². The third-order valence-corrected chi connectivity index (χ3v) is 4.01. The molecule has 0 saturated heterocycles. The summed E-state index contributed by atoms with van der Waals surface area (Å²) in [5.74, 6) is 0. The van der Waals surface area contributed by atoms with Crippen molar-refractivity contribution in [1.82, 2.24) is 15.3 Å². The molecule has 0 radical (unpaired) electrons. The van der Waals surface area contributed by atoms with Gasteiger partial charge in [-0.3, -0.25) is 4.98 Å². The number of hydrogen-bond acceptors (Lipinski definition) is 5. The van der Waals surface area contributed by atoms with Gasteiger partial charge in [-0.1, -0.05) is 12.8 Å². The first-order chi connectivity index (χ1) is 8.31. The van der Waals surface area contributed by atoms with Gasteiger partial charge in [0.25, 0.3) is 0 Å². The summed E-state index contributed by atoms with van der Waals surface area (Å²) in [6, 6.07) is 0.721. The molecule has 2 unspecified atom stereocenters. The molecule has 1 aliphatic rings. The second-order valence-corrected chi connectivity index (χ2v) is 5.24. The molecule has 2 atom stereocenters. The van der Waals surface area contributed by atoms with Crippen LogP contribution in [0.1, 0.15) is 31.4 Å². The van der Waals surface area contributed by atoms with E-state index in [0.717, 1.165) is 23.7 Å². The second-order valence-electron chi connectivity index (χ2n) is 4.45. The topological polar surface area (TPSA) is 63.8 Å². The van der Waals surface area contributed by atoms with E-state index in [2.05, 4.69) is 15.3 Å². The van der Waals surface area contributed by atoms with E-state index in [1.54, 1.807) is 24.2 Å². The van der Waals surface area contributed by atoms with Gasteiger partial charge in [0, 0.05) is 31.0 Å². The first-order valence-electron chi connectivity index (χ1n) is 6.14. The van der Waals surface area contributed by atoms with E-state index in [1.807, 2.05) is 6.26 Å². The Morgan fingerprint density at radius 2 is 2.06 bits per heavy atom. The Bertz CT molecular complexity index is 364. The zero-order chi connectivity index (χ0) is 12.1. The molecule has 102 valence electrons. The van der Waals surface area contributed by atoms with Gasteiger partial charge in [0.15, 0.2) is 0 Å². The largest absolute Gasteiger partial charge is 0.326 e. The van der Waals surface area contributed by atoms with Crippen molar-refractivity contribution >= 4 is 24.2 Å². The minimum atomic E-state index is 0. The van der Waals surface area contributed by atoms with Crippen molar-refractivity contribution in [3.05, 3.63) is 18.1 Å². The number of nitrogens with one attached hydrogen (secondary N) is 1. The SMILES string of the molecule is CSc1nccnc1CNC1CCCCC1N.Cl. The number of nitrogens with two attached hydrogens (primary N) is 1. The van der Waals surface area contributed by atoms with Crippen LogP contribution in [0, 0.1) is 0 Å². The van der Waals surface area contributed by atoms with Gasteiger partial charge >= 0.3 is 0 Å². The normalized spacial score (nSPS) is 23.4. The number of rotatable bonds is 4. The molecule has 1 fully saturated rings. The lowest BCUT2D eigenvalue weighted by atomic mass is 9.91. The molecular formula is C12H21ClN4S. The first kappa shape index (κ1) is 15.7. The van der Waals surface area contributed by atoms with Crippen molar-refractivity contribution in [2.75, 3.05) is 6.26 Å². The molecule has 1 aromatic rings. The molecule has 0 aliphatic heterocycles. The van der Waals surface area contributed by atoms with Crippen molar-refractivity contribution in [1.29, 1.82) is 0 Å².